The second-order valence-electron chi connectivity index (χ2n) is 9.06. The van der Waals surface area contributed by atoms with Crippen molar-refractivity contribution in [1.82, 2.24) is 25.7 Å². The van der Waals surface area contributed by atoms with Gasteiger partial charge in [0.05, 0.1) is 28.1 Å². The zero-order chi connectivity index (χ0) is 26.4. The minimum absolute atomic E-state index is 0.0932. The highest BCUT2D eigenvalue weighted by Gasteiger charge is 2.41. The van der Waals surface area contributed by atoms with Gasteiger partial charge in [0.2, 0.25) is 11.8 Å². The van der Waals surface area contributed by atoms with Gasteiger partial charge in [-0.05, 0) is 36.7 Å². The second-order valence-corrected chi connectivity index (χ2v) is 9.91. The van der Waals surface area contributed by atoms with E-state index in [4.69, 9.17) is 9.26 Å². The fraction of sp³-hybridized carbons (Fsp3) is 0.462. The van der Waals surface area contributed by atoms with Gasteiger partial charge in [0.1, 0.15) is 12.6 Å². The standard InChI is InChI=1S/C26H33N5O5S/c1-4-20(22-12-23(30-36-22)35-10-9-27-3)26(34)31-14-19(32)11-21(31)25(33)28-13-17-5-7-18(8-6-17)24-16(2)29-15-37-24/h5-8,12,15,19-21,27,32H,4,9-11,13-14H2,1-3H3,(H,28,33)/t19-,20?,21+/m1/s1. The summed E-state index contributed by atoms with van der Waals surface area (Å²) in [6.45, 7) is 5.33. The second kappa shape index (κ2) is 12.3. The molecule has 37 heavy (non-hydrogen) atoms. The minimum atomic E-state index is -0.769. The number of amides is 2. The van der Waals surface area contributed by atoms with Crippen LogP contribution < -0.4 is 15.4 Å². The van der Waals surface area contributed by atoms with Crippen molar-refractivity contribution < 1.29 is 24.0 Å². The molecule has 3 N–H and O–H groups in total. The van der Waals surface area contributed by atoms with Gasteiger partial charge in [-0.15, -0.1) is 11.3 Å². The fourth-order valence-electron chi connectivity index (χ4n) is 4.43. The van der Waals surface area contributed by atoms with E-state index < -0.39 is 18.1 Å². The number of aromatic nitrogens is 2. The Kier molecular flexibility index (Phi) is 8.91. The molecule has 2 amide bonds. The third-order valence-electron chi connectivity index (χ3n) is 6.45. The Bertz CT molecular complexity index is 1190. The normalized spacial score (nSPS) is 18.1. The summed E-state index contributed by atoms with van der Waals surface area (Å²) >= 11 is 1.59. The van der Waals surface area contributed by atoms with Crippen LogP contribution >= 0.6 is 11.3 Å². The number of benzene rings is 1. The van der Waals surface area contributed by atoms with Crippen LogP contribution in [0.1, 0.15) is 42.7 Å². The van der Waals surface area contributed by atoms with E-state index in [2.05, 4.69) is 20.8 Å². The number of likely N-dealkylation sites (N-methyl/N-ethyl adjacent to an activating group) is 1. The van der Waals surface area contributed by atoms with Crippen LogP contribution in [0.4, 0.5) is 0 Å². The molecule has 1 aliphatic rings. The van der Waals surface area contributed by atoms with Crippen LogP contribution in [0.15, 0.2) is 40.4 Å². The molecule has 1 unspecified atom stereocenters. The average Bonchev–Trinajstić information content (AvgIpc) is 3.64. The van der Waals surface area contributed by atoms with Crippen molar-refractivity contribution in [3.8, 4) is 16.3 Å². The number of aryl methyl sites for hydroxylation is 1. The van der Waals surface area contributed by atoms with Crippen molar-refractivity contribution in [2.45, 2.75) is 51.3 Å². The number of rotatable bonds is 11. The lowest BCUT2D eigenvalue weighted by molar-refractivity contribution is -0.140. The number of aliphatic hydroxyl groups is 1. The summed E-state index contributed by atoms with van der Waals surface area (Å²) in [5.41, 5.74) is 4.84. The number of β-amino-alcohol motifs (C(OH)–C–C–N with tert-alkyl or cyclic N) is 1. The van der Waals surface area contributed by atoms with Crippen LogP contribution in [0, 0.1) is 6.92 Å². The number of ether oxygens (including phenoxy) is 1. The number of nitrogens with zero attached hydrogens (tertiary/aromatic N) is 3. The smallest absolute Gasteiger partial charge is 0.254 e. The Hall–Kier alpha value is -3.28. The molecule has 3 heterocycles. The third-order valence-corrected chi connectivity index (χ3v) is 7.43. The lowest BCUT2D eigenvalue weighted by atomic mass is 10.0. The van der Waals surface area contributed by atoms with Crippen LogP contribution in [-0.4, -0.2) is 70.9 Å². The summed E-state index contributed by atoms with van der Waals surface area (Å²) in [7, 11) is 1.82. The van der Waals surface area contributed by atoms with Gasteiger partial charge in [-0.1, -0.05) is 31.2 Å². The van der Waals surface area contributed by atoms with Crippen LogP contribution in [0.25, 0.3) is 10.4 Å². The van der Waals surface area contributed by atoms with E-state index in [9.17, 15) is 14.7 Å². The number of thiazole rings is 1. The number of nitrogens with one attached hydrogen (secondary N) is 2. The molecule has 3 aromatic rings. The summed E-state index contributed by atoms with van der Waals surface area (Å²) in [5.74, 6) is -0.512. The fourth-order valence-corrected chi connectivity index (χ4v) is 5.24. The van der Waals surface area contributed by atoms with E-state index in [0.29, 0.717) is 37.8 Å². The van der Waals surface area contributed by atoms with Gasteiger partial charge in [0.15, 0.2) is 5.76 Å². The highest BCUT2D eigenvalue weighted by atomic mass is 32.1. The van der Waals surface area contributed by atoms with E-state index >= 15 is 0 Å². The molecular weight excluding hydrogens is 494 g/mol. The zero-order valence-electron chi connectivity index (χ0n) is 21.3. The Morgan fingerprint density at radius 1 is 1.32 bits per heavy atom. The maximum atomic E-state index is 13.5. The van der Waals surface area contributed by atoms with Crippen molar-refractivity contribution >= 4 is 23.2 Å². The van der Waals surface area contributed by atoms with E-state index in [1.54, 1.807) is 17.4 Å². The van der Waals surface area contributed by atoms with Crippen LogP contribution in [0.5, 0.6) is 5.88 Å². The number of hydrogen-bond acceptors (Lipinski definition) is 9. The lowest BCUT2D eigenvalue weighted by Gasteiger charge is -2.26. The predicted molar refractivity (Wildman–Crippen MR) is 139 cm³/mol. The molecule has 0 aliphatic carbocycles. The topological polar surface area (TPSA) is 130 Å². The quantitative estimate of drug-likeness (QED) is 0.324. The van der Waals surface area contributed by atoms with Gasteiger partial charge in [0, 0.05) is 32.1 Å². The van der Waals surface area contributed by atoms with Gasteiger partial charge in [-0.3, -0.25) is 9.59 Å². The molecule has 0 saturated carbocycles. The molecule has 198 valence electrons. The molecule has 1 fully saturated rings. The Morgan fingerprint density at radius 2 is 2.11 bits per heavy atom. The summed E-state index contributed by atoms with van der Waals surface area (Å²) < 4.78 is 10.9. The number of carbonyl (C=O) groups is 2. The van der Waals surface area contributed by atoms with E-state index in [1.807, 2.05) is 50.7 Å². The molecule has 3 atom stereocenters. The monoisotopic (exact) mass is 527 g/mol. The number of carbonyl (C=O) groups excluding carboxylic acids is 2. The van der Waals surface area contributed by atoms with Gasteiger partial charge >= 0.3 is 0 Å². The first-order chi connectivity index (χ1) is 17.9. The summed E-state index contributed by atoms with van der Waals surface area (Å²) in [4.78, 5) is 33.4. The van der Waals surface area contributed by atoms with Gasteiger partial charge in [-0.25, -0.2) is 4.98 Å². The van der Waals surface area contributed by atoms with Crippen molar-refractivity contribution in [2.75, 3.05) is 26.7 Å². The highest BCUT2D eigenvalue weighted by Crippen LogP contribution is 2.30. The van der Waals surface area contributed by atoms with E-state index in [1.165, 1.54) is 4.90 Å². The molecule has 0 spiro atoms. The first kappa shape index (κ1) is 26.8. The first-order valence-electron chi connectivity index (χ1n) is 12.4. The predicted octanol–water partition coefficient (Wildman–Crippen LogP) is 2.48. The van der Waals surface area contributed by atoms with E-state index in [0.717, 1.165) is 21.7 Å². The molecule has 4 rings (SSSR count). The number of aliphatic hydroxyl groups excluding tert-OH is 1. The van der Waals surface area contributed by atoms with E-state index in [-0.39, 0.29) is 24.8 Å². The minimum Gasteiger partial charge on any atom is -0.474 e. The van der Waals surface area contributed by atoms with Crippen LogP contribution in [0.3, 0.4) is 0 Å². The molecule has 1 aliphatic heterocycles. The summed E-state index contributed by atoms with van der Waals surface area (Å²) in [5, 5.41) is 20.1. The highest BCUT2D eigenvalue weighted by molar-refractivity contribution is 7.13. The Morgan fingerprint density at radius 3 is 2.78 bits per heavy atom. The number of likely N-dealkylation sites (tertiary alicyclic amines) is 1. The van der Waals surface area contributed by atoms with Crippen molar-refractivity contribution in [3.05, 3.63) is 52.9 Å². The molecule has 1 aromatic carbocycles. The molecule has 0 radical (unpaired) electrons. The number of hydrogen-bond donors (Lipinski definition) is 3. The van der Waals surface area contributed by atoms with Crippen molar-refractivity contribution in [1.29, 1.82) is 0 Å². The van der Waals surface area contributed by atoms with Gasteiger partial charge in [0.25, 0.3) is 5.88 Å². The molecular formula is C26H33N5O5S. The Balaban J connectivity index is 1.38. The summed E-state index contributed by atoms with van der Waals surface area (Å²) in [6.07, 6.45) is -0.127. The van der Waals surface area contributed by atoms with Gasteiger partial charge < -0.3 is 29.9 Å². The first-order valence-corrected chi connectivity index (χ1v) is 13.3. The van der Waals surface area contributed by atoms with Crippen molar-refractivity contribution in [3.63, 3.8) is 0 Å². The van der Waals surface area contributed by atoms with Crippen molar-refractivity contribution in [2.24, 2.45) is 0 Å². The lowest BCUT2D eigenvalue weighted by Crippen LogP contribution is -2.47. The molecule has 10 nitrogen and oxygen atoms in total. The third kappa shape index (κ3) is 6.35. The molecule has 1 saturated heterocycles. The largest absolute Gasteiger partial charge is 0.474 e. The zero-order valence-corrected chi connectivity index (χ0v) is 22.1. The van der Waals surface area contributed by atoms with Crippen LogP contribution in [0.2, 0.25) is 0 Å². The maximum absolute atomic E-state index is 13.5. The molecule has 2 aromatic heterocycles. The summed E-state index contributed by atoms with van der Waals surface area (Å²) in [6, 6.07) is 8.81. The molecule has 11 heteroatoms. The molecule has 0 bridgehead atoms. The van der Waals surface area contributed by atoms with Crippen LogP contribution in [-0.2, 0) is 16.1 Å². The average molecular weight is 528 g/mol. The van der Waals surface area contributed by atoms with Gasteiger partial charge in [-0.2, -0.15) is 0 Å². The SMILES string of the molecule is CCC(C(=O)N1C[C@H](O)C[C@H]1C(=O)NCc1ccc(-c2scnc2C)cc1)c1cc(OCCNC)no1. The Labute approximate surface area is 220 Å². The maximum Gasteiger partial charge on any atom is 0.254 e.